The molecule has 0 radical (unpaired) electrons. The lowest BCUT2D eigenvalue weighted by atomic mass is 9.95. The van der Waals surface area contributed by atoms with Crippen LogP contribution >= 0.6 is 0 Å². The molecule has 0 saturated heterocycles. The molecule has 0 atom stereocenters. The van der Waals surface area contributed by atoms with Gasteiger partial charge >= 0.3 is 0 Å². The molecular weight excluding hydrogens is 383 g/mol. The Morgan fingerprint density at radius 3 is 2.30 bits per heavy atom. The molecule has 2 N–H and O–H groups in total. The highest BCUT2D eigenvalue weighted by Crippen LogP contribution is 2.40. The molecule has 2 amide bonds. The number of fused-ring (bicyclic) bond motifs is 1. The average molecular weight is 404 g/mol. The van der Waals surface area contributed by atoms with E-state index in [1.165, 1.54) is 19.1 Å². The Hall–Kier alpha value is -3.67. The molecule has 152 valence electrons. The van der Waals surface area contributed by atoms with Crippen LogP contribution < -0.4 is 10.2 Å². The lowest BCUT2D eigenvalue weighted by Gasteiger charge is -2.16. The average Bonchev–Trinajstić information content (AvgIpc) is 3.13. The third kappa shape index (κ3) is 3.52. The number of benzene rings is 3. The van der Waals surface area contributed by atoms with E-state index in [0.717, 1.165) is 23.2 Å². The fourth-order valence-corrected chi connectivity index (χ4v) is 3.88. The summed E-state index contributed by atoms with van der Waals surface area (Å²) in [6.07, 6.45) is 0.763. The Morgan fingerprint density at radius 1 is 1.00 bits per heavy atom. The highest BCUT2D eigenvalue weighted by atomic mass is 19.1. The van der Waals surface area contributed by atoms with Crippen LogP contribution in [0.4, 0.5) is 15.8 Å². The third-order valence-electron chi connectivity index (χ3n) is 5.29. The summed E-state index contributed by atoms with van der Waals surface area (Å²) >= 11 is 0. The minimum atomic E-state index is -0.575. The maximum atomic E-state index is 14.4. The minimum Gasteiger partial charge on any atom is -0.507 e. The summed E-state index contributed by atoms with van der Waals surface area (Å²) in [5.41, 5.74) is 4.50. The van der Waals surface area contributed by atoms with Gasteiger partial charge in [-0.15, -0.1) is 0 Å². The second-order valence-electron chi connectivity index (χ2n) is 7.34. The Labute approximate surface area is 173 Å². The molecule has 1 heterocycles. The Balaban J connectivity index is 1.72. The van der Waals surface area contributed by atoms with E-state index >= 15 is 0 Å². The number of amides is 2. The van der Waals surface area contributed by atoms with E-state index in [2.05, 4.69) is 5.32 Å². The summed E-state index contributed by atoms with van der Waals surface area (Å²) in [4.78, 5) is 24.7. The van der Waals surface area contributed by atoms with Crippen LogP contribution in [0.5, 0.6) is 5.75 Å². The van der Waals surface area contributed by atoms with E-state index in [1.54, 1.807) is 36.1 Å². The van der Waals surface area contributed by atoms with Crippen LogP contribution in [0.2, 0.25) is 0 Å². The molecule has 4 rings (SSSR count). The van der Waals surface area contributed by atoms with Crippen LogP contribution in [-0.4, -0.2) is 23.5 Å². The molecule has 3 aromatic rings. The zero-order valence-corrected chi connectivity index (χ0v) is 16.7. The van der Waals surface area contributed by atoms with Gasteiger partial charge in [0.05, 0.1) is 5.69 Å². The molecular formula is C24H21FN2O3. The number of aromatic hydroxyl groups is 1. The highest BCUT2D eigenvalue weighted by molar-refractivity contribution is 5.94. The molecule has 0 fully saturated rings. The zero-order valence-electron chi connectivity index (χ0n) is 16.7. The van der Waals surface area contributed by atoms with Crippen molar-refractivity contribution in [1.29, 1.82) is 0 Å². The van der Waals surface area contributed by atoms with Gasteiger partial charge in [-0.25, -0.2) is 4.39 Å². The molecule has 30 heavy (non-hydrogen) atoms. The maximum Gasteiger partial charge on any atom is 0.223 e. The second-order valence-corrected chi connectivity index (χ2v) is 7.34. The molecule has 3 aromatic carbocycles. The van der Waals surface area contributed by atoms with Gasteiger partial charge in [0.1, 0.15) is 11.6 Å². The predicted octanol–water partition coefficient (Wildman–Crippen LogP) is 4.73. The number of hydrogen-bond donors (Lipinski definition) is 2. The van der Waals surface area contributed by atoms with Crippen molar-refractivity contribution in [2.24, 2.45) is 0 Å². The molecule has 1 aliphatic heterocycles. The van der Waals surface area contributed by atoms with Gasteiger partial charge in [0.2, 0.25) is 11.8 Å². The lowest BCUT2D eigenvalue weighted by molar-refractivity contribution is -0.116. The molecule has 6 heteroatoms. The van der Waals surface area contributed by atoms with Crippen molar-refractivity contribution in [2.45, 2.75) is 20.3 Å². The van der Waals surface area contributed by atoms with Crippen molar-refractivity contribution < 1.29 is 19.1 Å². The van der Waals surface area contributed by atoms with Gasteiger partial charge < -0.3 is 15.3 Å². The van der Waals surface area contributed by atoms with E-state index in [-0.39, 0.29) is 23.3 Å². The first-order valence-electron chi connectivity index (χ1n) is 9.66. The second kappa shape index (κ2) is 7.63. The molecule has 1 aliphatic rings. The van der Waals surface area contributed by atoms with Gasteiger partial charge in [0, 0.05) is 37.2 Å². The number of rotatable bonds is 3. The molecule has 0 bridgehead atoms. The van der Waals surface area contributed by atoms with E-state index < -0.39 is 5.82 Å². The van der Waals surface area contributed by atoms with Crippen molar-refractivity contribution in [3.05, 3.63) is 66.0 Å². The van der Waals surface area contributed by atoms with E-state index in [0.29, 0.717) is 23.2 Å². The monoisotopic (exact) mass is 404 g/mol. The van der Waals surface area contributed by atoms with Crippen LogP contribution in [0, 0.1) is 5.82 Å². The molecule has 0 saturated carbocycles. The fraction of sp³-hybridized carbons (Fsp3) is 0.167. The van der Waals surface area contributed by atoms with Gasteiger partial charge in [-0.1, -0.05) is 30.3 Å². The van der Waals surface area contributed by atoms with Crippen LogP contribution in [0.15, 0.2) is 54.6 Å². The van der Waals surface area contributed by atoms with Gasteiger partial charge in [0.15, 0.2) is 0 Å². The van der Waals surface area contributed by atoms with Crippen molar-refractivity contribution in [3.63, 3.8) is 0 Å². The molecule has 0 aromatic heterocycles. The maximum absolute atomic E-state index is 14.4. The van der Waals surface area contributed by atoms with E-state index in [9.17, 15) is 19.1 Å². The number of nitrogens with zero attached hydrogens (tertiary/aromatic N) is 1. The lowest BCUT2D eigenvalue weighted by Crippen LogP contribution is -2.25. The number of halogens is 1. The molecule has 0 aliphatic carbocycles. The number of carbonyl (C=O) groups is 2. The quantitative estimate of drug-likeness (QED) is 0.663. The van der Waals surface area contributed by atoms with Gasteiger partial charge in [-0.3, -0.25) is 9.59 Å². The first-order valence-corrected chi connectivity index (χ1v) is 9.66. The topological polar surface area (TPSA) is 69.6 Å². The predicted molar refractivity (Wildman–Crippen MR) is 115 cm³/mol. The molecule has 0 unspecified atom stereocenters. The van der Waals surface area contributed by atoms with Crippen molar-refractivity contribution >= 4 is 23.2 Å². The number of anilines is 2. The van der Waals surface area contributed by atoms with Crippen LogP contribution in [0.3, 0.4) is 0 Å². The third-order valence-corrected chi connectivity index (χ3v) is 5.29. The standard InChI is InChI=1S/C24H21FN2O3/c1-14(28)26-22-8-6-17(13-21(22)25)20-5-3-4-19(24(20)30)16-7-9-23-18(12-16)10-11-27(23)15(2)29/h3-9,12-13,30H,10-11H2,1-2H3,(H,26,28). The van der Waals surface area contributed by atoms with Crippen LogP contribution in [0.1, 0.15) is 19.4 Å². The number of carbonyl (C=O) groups excluding carboxylic acids is 2. The van der Waals surface area contributed by atoms with Gasteiger partial charge in [-0.2, -0.15) is 0 Å². The van der Waals surface area contributed by atoms with Crippen molar-refractivity contribution in [1.82, 2.24) is 0 Å². The van der Waals surface area contributed by atoms with E-state index in [4.69, 9.17) is 0 Å². The van der Waals surface area contributed by atoms with Crippen LogP contribution in [-0.2, 0) is 16.0 Å². The summed E-state index contributed by atoms with van der Waals surface area (Å²) < 4.78 is 14.4. The summed E-state index contributed by atoms with van der Waals surface area (Å²) in [6.45, 7) is 3.52. The zero-order chi connectivity index (χ0) is 21.4. The molecule has 5 nitrogen and oxygen atoms in total. The highest BCUT2D eigenvalue weighted by Gasteiger charge is 2.23. The number of para-hydroxylation sites is 1. The number of hydrogen-bond acceptors (Lipinski definition) is 3. The first-order chi connectivity index (χ1) is 14.3. The molecule has 0 spiro atoms. The van der Waals surface area contributed by atoms with Gasteiger partial charge in [-0.05, 0) is 47.4 Å². The SMILES string of the molecule is CC(=O)Nc1ccc(-c2cccc(-c3ccc4c(c3)CCN4C(C)=O)c2O)cc1F. The summed E-state index contributed by atoms with van der Waals surface area (Å²) in [6, 6.07) is 15.5. The smallest absolute Gasteiger partial charge is 0.223 e. The van der Waals surface area contributed by atoms with E-state index in [1.807, 2.05) is 18.2 Å². The minimum absolute atomic E-state index is 0.0103. The first kappa shape index (κ1) is 19.6. The fourth-order valence-electron chi connectivity index (χ4n) is 3.88. The van der Waals surface area contributed by atoms with Crippen molar-refractivity contribution in [2.75, 3.05) is 16.8 Å². The largest absolute Gasteiger partial charge is 0.507 e. The van der Waals surface area contributed by atoms with Crippen molar-refractivity contribution in [3.8, 4) is 28.0 Å². The Kier molecular flexibility index (Phi) is 4.99. The Bertz CT molecular complexity index is 1170. The summed E-state index contributed by atoms with van der Waals surface area (Å²) in [7, 11) is 0. The van der Waals surface area contributed by atoms with Gasteiger partial charge in [0.25, 0.3) is 0 Å². The normalized spacial score (nSPS) is 12.6. The number of phenols is 1. The Morgan fingerprint density at radius 2 is 1.67 bits per heavy atom. The summed E-state index contributed by atoms with van der Waals surface area (Å²) in [5.74, 6) is -0.873. The summed E-state index contributed by atoms with van der Waals surface area (Å²) in [5, 5.41) is 13.4. The number of nitrogens with one attached hydrogen (secondary N) is 1. The van der Waals surface area contributed by atoms with Crippen LogP contribution in [0.25, 0.3) is 22.3 Å². The number of phenolic OH excluding ortho intramolecular Hbond substituents is 1.